The summed E-state index contributed by atoms with van der Waals surface area (Å²) in [4.78, 5) is 9.00. The van der Waals surface area contributed by atoms with Crippen molar-refractivity contribution < 1.29 is 14.9 Å². The first-order valence-electron chi connectivity index (χ1n) is 9.31. The van der Waals surface area contributed by atoms with Crippen LogP contribution in [0, 0.1) is 0 Å². The molecule has 3 heterocycles. The molecule has 0 unspecified atom stereocenters. The molecule has 1 fully saturated rings. The predicted molar refractivity (Wildman–Crippen MR) is 100 cm³/mol. The molecule has 2 aliphatic rings. The van der Waals surface area contributed by atoms with Gasteiger partial charge in [-0.1, -0.05) is 24.3 Å². The number of ether oxygens (including phenoxy) is 1. The third-order valence-corrected chi connectivity index (χ3v) is 5.69. The number of pyridine rings is 1. The Morgan fingerprint density at radius 3 is 2.81 bits per heavy atom. The Kier molecular flexibility index (Phi) is 3.89. The number of aromatic nitrogens is 3. The van der Waals surface area contributed by atoms with E-state index in [9.17, 15) is 10.2 Å². The van der Waals surface area contributed by atoms with Gasteiger partial charge in [-0.25, -0.2) is 9.97 Å². The van der Waals surface area contributed by atoms with Crippen molar-refractivity contribution >= 4 is 16.9 Å². The highest BCUT2D eigenvalue weighted by molar-refractivity contribution is 5.86. The summed E-state index contributed by atoms with van der Waals surface area (Å²) < 4.78 is 7.51. The van der Waals surface area contributed by atoms with E-state index < -0.39 is 24.5 Å². The topological polar surface area (TPSA) is 92.4 Å². The number of nitrogens with one attached hydrogen (secondary N) is 1. The summed E-state index contributed by atoms with van der Waals surface area (Å²) >= 11 is 0. The van der Waals surface area contributed by atoms with E-state index in [1.807, 2.05) is 6.07 Å². The van der Waals surface area contributed by atoms with Crippen molar-refractivity contribution in [2.75, 3.05) is 5.32 Å². The molecule has 0 spiro atoms. The van der Waals surface area contributed by atoms with Gasteiger partial charge in [-0.05, 0) is 37.0 Å². The minimum absolute atomic E-state index is 0.208. The molecule has 0 saturated carbocycles. The lowest BCUT2D eigenvalue weighted by Crippen LogP contribution is -2.30. The predicted octanol–water partition coefficient (Wildman–Crippen LogP) is 2.17. The van der Waals surface area contributed by atoms with E-state index in [1.165, 1.54) is 11.1 Å². The molecule has 1 aliphatic heterocycles. The monoisotopic (exact) mass is 366 g/mol. The summed E-state index contributed by atoms with van der Waals surface area (Å²) in [7, 11) is 0. The number of aliphatic hydroxyl groups excluding tert-OH is 2. The normalized spacial score (nSPS) is 30.0. The van der Waals surface area contributed by atoms with Gasteiger partial charge in [-0.3, -0.25) is 0 Å². The van der Waals surface area contributed by atoms with Gasteiger partial charge in [0.1, 0.15) is 17.7 Å². The highest BCUT2D eigenvalue weighted by Crippen LogP contribution is 2.36. The number of rotatable bonds is 3. The van der Waals surface area contributed by atoms with Crippen molar-refractivity contribution in [3.63, 3.8) is 0 Å². The second-order valence-corrected chi connectivity index (χ2v) is 7.33. The number of hydrogen-bond acceptors (Lipinski definition) is 6. The molecule has 0 bridgehead atoms. The maximum atomic E-state index is 10.3. The number of benzene rings is 1. The molecule has 3 N–H and O–H groups in total. The fraction of sp³-hybridized carbons (Fsp3) is 0.400. The van der Waals surface area contributed by atoms with Crippen LogP contribution in [0.15, 0.2) is 42.9 Å². The zero-order valence-corrected chi connectivity index (χ0v) is 15.0. The van der Waals surface area contributed by atoms with Crippen molar-refractivity contribution in [2.24, 2.45) is 0 Å². The molecular formula is C20H22N4O3. The molecule has 2 aromatic heterocycles. The van der Waals surface area contributed by atoms with Crippen LogP contribution in [0.5, 0.6) is 0 Å². The molecule has 140 valence electrons. The zero-order valence-electron chi connectivity index (χ0n) is 15.0. The summed E-state index contributed by atoms with van der Waals surface area (Å²) in [6.45, 7) is 1.75. The Bertz CT molecular complexity index is 988. The van der Waals surface area contributed by atoms with Crippen molar-refractivity contribution in [2.45, 2.75) is 50.3 Å². The van der Waals surface area contributed by atoms with Gasteiger partial charge in [-0.15, -0.1) is 0 Å². The smallest absolute Gasteiger partial charge is 0.164 e. The Morgan fingerprint density at radius 2 is 2.00 bits per heavy atom. The maximum Gasteiger partial charge on any atom is 0.164 e. The van der Waals surface area contributed by atoms with Gasteiger partial charge in [0.05, 0.1) is 24.0 Å². The molecule has 27 heavy (non-hydrogen) atoms. The van der Waals surface area contributed by atoms with Crippen molar-refractivity contribution in [1.82, 2.24) is 14.5 Å². The lowest BCUT2D eigenvalue weighted by atomic mass is 10.1. The van der Waals surface area contributed by atoms with Crippen molar-refractivity contribution in [3.05, 3.63) is 54.0 Å². The molecule has 0 radical (unpaired) electrons. The quantitative estimate of drug-likeness (QED) is 0.658. The molecule has 5 rings (SSSR count). The number of nitrogens with zero attached hydrogens (tertiary/aromatic N) is 3. The highest BCUT2D eigenvalue weighted by Gasteiger charge is 2.41. The Labute approximate surface area is 156 Å². The van der Waals surface area contributed by atoms with Gasteiger partial charge in [0.2, 0.25) is 0 Å². The summed E-state index contributed by atoms with van der Waals surface area (Å²) in [5, 5.41) is 23.9. The maximum absolute atomic E-state index is 10.3. The van der Waals surface area contributed by atoms with Crippen LogP contribution in [0.25, 0.3) is 11.0 Å². The average molecular weight is 366 g/mol. The van der Waals surface area contributed by atoms with Gasteiger partial charge >= 0.3 is 0 Å². The zero-order chi connectivity index (χ0) is 18.5. The number of imidazole rings is 1. The summed E-state index contributed by atoms with van der Waals surface area (Å²) in [5.41, 5.74) is 4.22. The van der Waals surface area contributed by atoms with Crippen LogP contribution in [0.3, 0.4) is 0 Å². The number of fused-ring (bicyclic) bond motifs is 2. The van der Waals surface area contributed by atoms with E-state index >= 15 is 0 Å². The van der Waals surface area contributed by atoms with Crippen LogP contribution in [0.1, 0.15) is 36.7 Å². The fourth-order valence-corrected chi connectivity index (χ4v) is 4.20. The van der Waals surface area contributed by atoms with Crippen molar-refractivity contribution in [3.8, 4) is 0 Å². The molecule has 7 heteroatoms. The van der Waals surface area contributed by atoms with E-state index in [0.717, 1.165) is 23.9 Å². The minimum atomic E-state index is -0.997. The first-order valence-corrected chi connectivity index (χ1v) is 9.31. The van der Waals surface area contributed by atoms with Crippen LogP contribution in [0.2, 0.25) is 0 Å². The summed E-state index contributed by atoms with van der Waals surface area (Å²) in [6, 6.07) is 10.5. The van der Waals surface area contributed by atoms with Gasteiger partial charge in [-0.2, -0.15) is 0 Å². The number of hydrogen-bond donors (Lipinski definition) is 3. The lowest BCUT2D eigenvalue weighted by Gasteiger charge is -2.18. The standard InChI is InChI=1S/C20H22N4O3/c1-11-17(25)18(26)20(27-11)24-10-22-16-15(24)8-9-21-19(16)23-14-7-6-12-4-2-3-5-13(12)14/h2-5,8-11,14,17-18,20,25-26H,6-7H2,1H3,(H,21,23)/t11-,14+,17-,18-,20-/m1/s1. The number of anilines is 1. The van der Waals surface area contributed by atoms with E-state index in [1.54, 1.807) is 24.0 Å². The molecule has 5 atom stereocenters. The van der Waals surface area contributed by atoms with E-state index in [2.05, 4.69) is 39.6 Å². The highest BCUT2D eigenvalue weighted by atomic mass is 16.6. The fourth-order valence-electron chi connectivity index (χ4n) is 4.20. The van der Waals surface area contributed by atoms with Crippen LogP contribution < -0.4 is 5.32 Å². The van der Waals surface area contributed by atoms with Crippen LogP contribution in [-0.4, -0.2) is 43.1 Å². The Hall–Kier alpha value is -2.48. The van der Waals surface area contributed by atoms with Gasteiger partial charge in [0.25, 0.3) is 0 Å². The molecule has 3 aromatic rings. The van der Waals surface area contributed by atoms with Gasteiger partial charge < -0.3 is 24.8 Å². The molecule has 0 amide bonds. The second kappa shape index (κ2) is 6.30. The third kappa shape index (κ3) is 2.62. The van der Waals surface area contributed by atoms with E-state index in [4.69, 9.17) is 4.74 Å². The molecule has 1 aliphatic carbocycles. The molecule has 1 aromatic carbocycles. The largest absolute Gasteiger partial charge is 0.388 e. The first-order chi connectivity index (χ1) is 13.1. The summed E-state index contributed by atoms with van der Waals surface area (Å²) in [6.07, 6.45) is 2.43. The van der Waals surface area contributed by atoms with Crippen LogP contribution >= 0.6 is 0 Å². The second-order valence-electron chi connectivity index (χ2n) is 7.33. The number of aryl methyl sites for hydroxylation is 1. The first kappa shape index (κ1) is 16.7. The average Bonchev–Trinajstić information content (AvgIpc) is 3.36. The third-order valence-electron chi connectivity index (χ3n) is 5.69. The van der Waals surface area contributed by atoms with Crippen molar-refractivity contribution in [1.29, 1.82) is 0 Å². The Balaban J connectivity index is 1.48. The van der Waals surface area contributed by atoms with Crippen LogP contribution in [-0.2, 0) is 11.2 Å². The van der Waals surface area contributed by atoms with Gasteiger partial charge in [0, 0.05) is 6.20 Å². The van der Waals surface area contributed by atoms with Crippen LogP contribution in [0.4, 0.5) is 5.82 Å². The van der Waals surface area contributed by atoms with E-state index in [0.29, 0.717) is 5.82 Å². The summed E-state index contributed by atoms with van der Waals surface area (Å²) in [5.74, 6) is 0.717. The number of aliphatic hydroxyl groups is 2. The van der Waals surface area contributed by atoms with E-state index in [-0.39, 0.29) is 6.04 Å². The molecule has 7 nitrogen and oxygen atoms in total. The lowest BCUT2D eigenvalue weighted by molar-refractivity contribution is -0.0296. The molecule has 1 saturated heterocycles. The SMILES string of the molecule is C[C@H]1O[C@@H](n2cnc3c(N[C@H]4CCc5ccccc54)nccc32)[C@H](O)[C@@H]1O. The minimum Gasteiger partial charge on any atom is -0.388 e. The van der Waals surface area contributed by atoms with Gasteiger partial charge in [0.15, 0.2) is 12.0 Å². The molecular weight excluding hydrogens is 344 g/mol. The Morgan fingerprint density at radius 1 is 1.15 bits per heavy atom.